The summed E-state index contributed by atoms with van der Waals surface area (Å²) in [6.07, 6.45) is 5.34. The van der Waals surface area contributed by atoms with Gasteiger partial charge in [-0.25, -0.2) is 4.79 Å². The first-order valence-electron chi connectivity index (χ1n) is 10.3. The molecule has 3 heterocycles. The Morgan fingerprint density at radius 3 is 2.52 bits per heavy atom. The number of urea groups is 1. The summed E-state index contributed by atoms with van der Waals surface area (Å²) in [4.78, 5) is 27.8. The first kappa shape index (κ1) is 18.4. The highest BCUT2D eigenvalue weighted by Gasteiger charge is 2.26. The van der Waals surface area contributed by atoms with E-state index in [9.17, 15) is 9.59 Å². The lowest BCUT2D eigenvalue weighted by molar-refractivity contribution is -0.120. The fourth-order valence-corrected chi connectivity index (χ4v) is 4.64. The fourth-order valence-electron chi connectivity index (χ4n) is 4.64. The first-order chi connectivity index (χ1) is 13.2. The average molecular weight is 370 g/mol. The zero-order chi connectivity index (χ0) is 18.6. The number of benzene rings is 1. The number of likely N-dealkylation sites (tertiary alicyclic amines) is 1. The maximum atomic E-state index is 12.1. The van der Waals surface area contributed by atoms with Crippen LogP contribution in [0.3, 0.4) is 0 Å². The largest absolute Gasteiger partial charge is 0.328 e. The summed E-state index contributed by atoms with van der Waals surface area (Å²) in [5.74, 6) is 1.23. The number of nitrogens with one attached hydrogen (secondary N) is 2. The van der Waals surface area contributed by atoms with Gasteiger partial charge in [0.15, 0.2) is 0 Å². The molecule has 3 aliphatic heterocycles. The van der Waals surface area contributed by atoms with Crippen LogP contribution in [-0.4, -0.2) is 56.1 Å². The van der Waals surface area contributed by atoms with Gasteiger partial charge in [0.2, 0.25) is 5.91 Å². The van der Waals surface area contributed by atoms with Gasteiger partial charge in [-0.15, -0.1) is 0 Å². The molecule has 0 unspecified atom stereocenters. The van der Waals surface area contributed by atoms with Gasteiger partial charge in [-0.2, -0.15) is 0 Å². The third-order valence-electron chi connectivity index (χ3n) is 6.27. The number of amides is 3. The third-order valence-corrected chi connectivity index (χ3v) is 6.27. The van der Waals surface area contributed by atoms with Crippen LogP contribution in [0.5, 0.6) is 0 Å². The minimum Gasteiger partial charge on any atom is -0.317 e. The highest BCUT2D eigenvalue weighted by Crippen LogP contribution is 2.31. The molecule has 1 aromatic rings. The molecule has 3 aliphatic rings. The van der Waals surface area contributed by atoms with Gasteiger partial charge in [0.1, 0.15) is 0 Å². The second-order valence-electron chi connectivity index (χ2n) is 8.12. The zero-order valence-electron chi connectivity index (χ0n) is 16.0. The molecule has 0 aliphatic carbocycles. The van der Waals surface area contributed by atoms with E-state index in [4.69, 9.17) is 0 Å². The molecule has 3 fully saturated rings. The number of rotatable bonds is 4. The Labute approximate surface area is 161 Å². The Balaban J connectivity index is 1.34. The number of hydrogen-bond donors (Lipinski definition) is 2. The quantitative estimate of drug-likeness (QED) is 0.854. The van der Waals surface area contributed by atoms with E-state index in [-0.39, 0.29) is 11.9 Å². The molecule has 1 aromatic carbocycles. The Morgan fingerprint density at radius 1 is 1.00 bits per heavy atom. The van der Waals surface area contributed by atoms with Gasteiger partial charge in [-0.3, -0.25) is 15.0 Å². The monoisotopic (exact) mass is 370 g/mol. The van der Waals surface area contributed by atoms with Gasteiger partial charge >= 0.3 is 6.03 Å². The number of piperidine rings is 2. The van der Waals surface area contributed by atoms with Crippen LogP contribution in [0.2, 0.25) is 0 Å². The highest BCUT2D eigenvalue weighted by molar-refractivity contribution is 6.05. The average Bonchev–Trinajstić information content (AvgIpc) is 2.69. The van der Waals surface area contributed by atoms with Crippen molar-refractivity contribution in [3.63, 3.8) is 0 Å². The Morgan fingerprint density at radius 2 is 1.78 bits per heavy atom. The Kier molecular flexibility index (Phi) is 5.74. The van der Waals surface area contributed by atoms with Crippen LogP contribution < -0.4 is 15.5 Å². The van der Waals surface area contributed by atoms with Gasteiger partial charge in [0.25, 0.3) is 0 Å². The molecule has 0 spiro atoms. The van der Waals surface area contributed by atoms with E-state index < -0.39 is 0 Å². The third kappa shape index (κ3) is 4.50. The highest BCUT2D eigenvalue weighted by atomic mass is 16.2. The zero-order valence-corrected chi connectivity index (χ0v) is 16.0. The Bertz CT molecular complexity index is 679. The molecule has 6 heteroatoms. The molecule has 0 radical (unpaired) electrons. The van der Waals surface area contributed by atoms with E-state index >= 15 is 0 Å². The van der Waals surface area contributed by atoms with Crippen molar-refractivity contribution in [3.05, 3.63) is 29.8 Å². The molecule has 3 amide bonds. The normalized spacial score (nSPS) is 23.5. The van der Waals surface area contributed by atoms with E-state index in [1.807, 2.05) is 12.1 Å². The lowest BCUT2D eigenvalue weighted by Crippen LogP contribution is -2.49. The van der Waals surface area contributed by atoms with Crippen molar-refractivity contribution in [1.82, 2.24) is 15.5 Å². The molecule has 3 saturated heterocycles. The molecule has 2 N–H and O–H groups in total. The lowest BCUT2D eigenvalue weighted by Gasteiger charge is -2.36. The van der Waals surface area contributed by atoms with Gasteiger partial charge in [0, 0.05) is 25.2 Å². The lowest BCUT2D eigenvalue weighted by atomic mass is 9.88. The summed E-state index contributed by atoms with van der Waals surface area (Å²) in [6.45, 7) is 6.38. The summed E-state index contributed by atoms with van der Waals surface area (Å²) in [6, 6.07) is 8.02. The van der Waals surface area contributed by atoms with Crippen molar-refractivity contribution < 1.29 is 9.59 Å². The molecule has 0 saturated carbocycles. The van der Waals surface area contributed by atoms with E-state index in [2.05, 4.69) is 27.7 Å². The van der Waals surface area contributed by atoms with E-state index in [0.29, 0.717) is 18.9 Å². The SMILES string of the molecule is O=C1CCN(c2cccc(C3CCN(CC4CCNCC4)CC3)c2)C(=O)N1. The van der Waals surface area contributed by atoms with Crippen LogP contribution in [0.25, 0.3) is 0 Å². The van der Waals surface area contributed by atoms with E-state index in [0.717, 1.165) is 24.7 Å². The molecular weight excluding hydrogens is 340 g/mol. The summed E-state index contributed by atoms with van der Waals surface area (Å²) in [5, 5.41) is 5.86. The summed E-state index contributed by atoms with van der Waals surface area (Å²) < 4.78 is 0. The van der Waals surface area contributed by atoms with Crippen molar-refractivity contribution in [2.75, 3.05) is 44.2 Å². The number of carbonyl (C=O) groups excluding carboxylic acids is 2. The van der Waals surface area contributed by atoms with Gasteiger partial charge in [-0.1, -0.05) is 12.1 Å². The minimum atomic E-state index is -0.305. The van der Waals surface area contributed by atoms with Crippen LogP contribution >= 0.6 is 0 Å². The maximum Gasteiger partial charge on any atom is 0.328 e. The maximum absolute atomic E-state index is 12.1. The van der Waals surface area contributed by atoms with Gasteiger partial charge in [0.05, 0.1) is 0 Å². The number of hydrogen-bond acceptors (Lipinski definition) is 4. The van der Waals surface area contributed by atoms with Gasteiger partial charge < -0.3 is 10.2 Å². The predicted molar refractivity (Wildman–Crippen MR) is 106 cm³/mol. The number of nitrogens with zero attached hydrogens (tertiary/aromatic N) is 2. The van der Waals surface area contributed by atoms with Crippen LogP contribution in [0.1, 0.15) is 43.6 Å². The van der Waals surface area contributed by atoms with Crippen molar-refractivity contribution in [2.45, 2.75) is 38.0 Å². The predicted octanol–water partition coefficient (Wildman–Crippen LogP) is 2.31. The summed E-state index contributed by atoms with van der Waals surface area (Å²) in [5.41, 5.74) is 2.22. The molecule has 4 rings (SSSR count). The number of imide groups is 1. The van der Waals surface area contributed by atoms with Crippen LogP contribution in [-0.2, 0) is 4.79 Å². The molecule has 6 nitrogen and oxygen atoms in total. The molecular formula is C21H30N4O2. The minimum absolute atomic E-state index is 0.187. The molecule has 0 bridgehead atoms. The van der Waals surface area contributed by atoms with Crippen molar-refractivity contribution in [3.8, 4) is 0 Å². The van der Waals surface area contributed by atoms with Crippen LogP contribution in [0, 0.1) is 5.92 Å². The van der Waals surface area contributed by atoms with Crippen LogP contribution in [0.15, 0.2) is 24.3 Å². The fraction of sp³-hybridized carbons (Fsp3) is 0.619. The van der Waals surface area contributed by atoms with Crippen molar-refractivity contribution >= 4 is 17.6 Å². The second-order valence-corrected chi connectivity index (χ2v) is 8.12. The first-order valence-corrected chi connectivity index (χ1v) is 10.3. The van der Waals surface area contributed by atoms with E-state index in [1.54, 1.807) is 4.90 Å². The molecule has 27 heavy (non-hydrogen) atoms. The molecule has 0 atom stereocenters. The standard InChI is InChI=1S/C21H30N4O2/c26-20-8-13-25(21(27)23-20)19-3-1-2-18(14-19)17-6-11-24(12-7-17)15-16-4-9-22-10-5-16/h1-3,14,16-17,22H,4-13,15H2,(H,23,26,27). The molecule has 0 aromatic heterocycles. The second kappa shape index (κ2) is 8.40. The number of carbonyl (C=O) groups is 2. The van der Waals surface area contributed by atoms with Crippen molar-refractivity contribution in [2.24, 2.45) is 5.92 Å². The Hall–Kier alpha value is -1.92. The summed E-state index contributed by atoms with van der Waals surface area (Å²) >= 11 is 0. The van der Waals surface area contributed by atoms with Crippen molar-refractivity contribution in [1.29, 1.82) is 0 Å². The van der Waals surface area contributed by atoms with Crippen LogP contribution in [0.4, 0.5) is 10.5 Å². The smallest absolute Gasteiger partial charge is 0.317 e. The van der Waals surface area contributed by atoms with E-state index in [1.165, 1.54) is 50.9 Å². The topological polar surface area (TPSA) is 64.7 Å². The molecule has 146 valence electrons. The number of anilines is 1. The van der Waals surface area contributed by atoms with Gasteiger partial charge in [-0.05, 0) is 81.4 Å². The summed E-state index contributed by atoms with van der Waals surface area (Å²) in [7, 11) is 0.